The van der Waals surface area contributed by atoms with Crippen molar-refractivity contribution in [1.82, 2.24) is 5.32 Å². The molecule has 0 aromatic rings. The summed E-state index contributed by atoms with van der Waals surface area (Å²) < 4.78 is 0. The summed E-state index contributed by atoms with van der Waals surface area (Å²) in [6, 6.07) is 0. The predicted octanol–water partition coefficient (Wildman–Crippen LogP) is 11.0. The summed E-state index contributed by atoms with van der Waals surface area (Å²) in [5.74, 6) is 0. The van der Waals surface area contributed by atoms with Crippen LogP contribution in [0.25, 0.3) is 0 Å². The molecule has 0 aliphatic rings. The highest BCUT2D eigenvalue weighted by molar-refractivity contribution is 4.53. The lowest BCUT2D eigenvalue weighted by atomic mass is 10.1. The molecule has 0 atom stereocenters. The molecule has 0 saturated heterocycles. The summed E-state index contributed by atoms with van der Waals surface area (Å²) in [6.45, 7) is 11.1. The average molecular weight is 440 g/mol. The number of unbranched alkanes of at least 4 members (excludes halogenated alkanes) is 22. The molecule has 0 bridgehead atoms. The molecule has 0 aliphatic heterocycles. The molecular formula is C30H65N. The zero-order valence-electron chi connectivity index (χ0n) is 22.9. The molecule has 1 heteroatoms. The third-order valence-corrected chi connectivity index (χ3v) is 6.41. The summed E-state index contributed by atoms with van der Waals surface area (Å²) in [5.41, 5.74) is 0. The average Bonchev–Trinajstić information content (AvgIpc) is 2.80. The van der Waals surface area contributed by atoms with Crippen LogP contribution in [0, 0.1) is 0 Å². The Morgan fingerprint density at radius 2 is 0.484 bits per heavy atom. The molecule has 0 amide bonds. The zero-order chi connectivity index (χ0) is 23.1. The summed E-state index contributed by atoms with van der Waals surface area (Å²) >= 11 is 0. The molecule has 1 N–H and O–H groups in total. The van der Waals surface area contributed by atoms with Crippen LogP contribution in [0.1, 0.15) is 182 Å². The molecule has 1 nitrogen and oxygen atoms in total. The fraction of sp³-hybridized carbons (Fsp3) is 1.00. The molecule has 0 heterocycles. The van der Waals surface area contributed by atoms with Gasteiger partial charge in [-0.2, -0.15) is 0 Å². The molecule has 0 spiro atoms. The first-order valence-electron chi connectivity index (χ1n) is 15.1. The van der Waals surface area contributed by atoms with E-state index in [-0.39, 0.29) is 0 Å². The van der Waals surface area contributed by atoms with E-state index in [1.165, 1.54) is 167 Å². The van der Waals surface area contributed by atoms with E-state index >= 15 is 0 Å². The summed E-state index contributed by atoms with van der Waals surface area (Å²) in [6.07, 6.45) is 34.8. The normalized spacial score (nSPS) is 10.8. The molecule has 0 fully saturated rings. The lowest BCUT2D eigenvalue weighted by Gasteiger charge is -2.06. The van der Waals surface area contributed by atoms with Crippen LogP contribution in [-0.2, 0) is 0 Å². The Bertz CT molecular complexity index is 237. The van der Waals surface area contributed by atoms with Crippen molar-refractivity contribution in [3.8, 4) is 0 Å². The first-order valence-corrected chi connectivity index (χ1v) is 15.1. The molecule has 31 heavy (non-hydrogen) atoms. The van der Waals surface area contributed by atoms with Crippen LogP contribution >= 0.6 is 0 Å². The minimum absolute atomic E-state index is 1.25. The van der Waals surface area contributed by atoms with Gasteiger partial charge in [0.2, 0.25) is 0 Å². The van der Waals surface area contributed by atoms with Gasteiger partial charge in [-0.05, 0) is 25.9 Å². The van der Waals surface area contributed by atoms with Crippen LogP contribution in [-0.4, -0.2) is 13.1 Å². The Kier molecular flexibility index (Phi) is 37.0. The summed E-state index contributed by atoms with van der Waals surface area (Å²) in [4.78, 5) is 0. The first-order chi connectivity index (χ1) is 15.4. The molecule has 0 saturated carbocycles. The number of nitrogens with one attached hydrogen (secondary N) is 1. The van der Waals surface area contributed by atoms with E-state index < -0.39 is 0 Å². The molecule has 0 radical (unpaired) electrons. The van der Waals surface area contributed by atoms with Crippen molar-refractivity contribution in [2.24, 2.45) is 0 Å². The van der Waals surface area contributed by atoms with Crippen LogP contribution in [0.3, 0.4) is 0 Å². The van der Waals surface area contributed by atoms with Gasteiger partial charge in [0.25, 0.3) is 0 Å². The van der Waals surface area contributed by atoms with Crippen LogP contribution in [0.5, 0.6) is 0 Å². The van der Waals surface area contributed by atoms with Crippen molar-refractivity contribution in [3.05, 3.63) is 0 Å². The van der Waals surface area contributed by atoms with E-state index in [2.05, 4.69) is 19.2 Å². The molecule has 0 aromatic carbocycles. The minimum atomic E-state index is 1.25. The van der Waals surface area contributed by atoms with Crippen molar-refractivity contribution in [2.75, 3.05) is 13.1 Å². The third kappa shape index (κ3) is 34.8. The van der Waals surface area contributed by atoms with E-state index in [1.807, 2.05) is 13.8 Å². The quantitative estimate of drug-likeness (QED) is 0.132. The van der Waals surface area contributed by atoms with Crippen molar-refractivity contribution < 1.29 is 0 Å². The highest BCUT2D eigenvalue weighted by Crippen LogP contribution is 2.13. The topological polar surface area (TPSA) is 12.0 Å². The molecular weight excluding hydrogens is 374 g/mol. The van der Waals surface area contributed by atoms with Gasteiger partial charge in [-0.3, -0.25) is 0 Å². The third-order valence-electron chi connectivity index (χ3n) is 6.41. The Labute approximate surface area is 200 Å². The van der Waals surface area contributed by atoms with Gasteiger partial charge in [-0.1, -0.05) is 169 Å². The Hall–Kier alpha value is -0.0400. The summed E-state index contributed by atoms with van der Waals surface area (Å²) in [5, 5.41) is 3.66. The molecule has 0 aliphatic carbocycles. The van der Waals surface area contributed by atoms with Gasteiger partial charge in [0, 0.05) is 0 Å². The number of rotatable bonds is 26. The molecule has 0 aromatic heterocycles. The van der Waals surface area contributed by atoms with Crippen LogP contribution in [0.2, 0.25) is 0 Å². The lowest BCUT2D eigenvalue weighted by molar-refractivity contribution is 0.521. The Balaban J connectivity index is 0. The van der Waals surface area contributed by atoms with Crippen molar-refractivity contribution >= 4 is 0 Å². The van der Waals surface area contributed by atoms with Gasteiger partial charge in [-0.25, -0.2) is 0 Å². The highest BCUT2D eigenvalue weighted by atomic mass is 14.8. The van der Waals surface area contributed by atoms with E-state index in [4.69, 9.17) is 0 Å². The molecule has 190 valence electrons. The van der Waals surface area contributed by atoms with Crippen molar-refractivity contribution in [1.29, 1.82) is 0 Å². The molecule has 0 unspecified atom stereocenters. The fourth-order valence-electron chi connectivity index (χ4n) is 4.31. The fourth-order valence-corrected chi connectivity index (χ4v) is 4.31. The van der Waals surface area contributed by atoms with E-state index in [0.717, 1.165) is 0 Å². The largest absolute Gasteiger partial charge is 0.317 e. The van der Waals surface area contributed by atoms with Crippen molar-refractivity contribution in [2.45, 2.75) is 182 Å². The maximum absolute atomic E-state index is 3.66. The standard InChI is InChI=1S/C28H59N.C2H6/c1-3-5-7-9-11-13-15-17-19-21-23-25-27-29-28-26-24-22-20-18-16-14-12-10-8-6-4-2;1-2/h29H,3-28H2,1-2H3;1-2H3. The van der Waals surface area contributed by atoms with E-state index in [9.17, 15) is 0 Å². The second kappa shape index (κ2) is 34.6. The van der Waals surface area contributed by atoms with Crippen LogP contribution in [0.15, 0.2) is 0 Å². The maximum atomic E-state index is 3.66. The van der Waals surface area contributed by atoms with Crippen molar-refractivity contribution in [3.63, 3.8) is 0 Å². The SMILES string of the molecule is CC.CCCCCCCCCCCCCCNCCCCCCCCCCCCCC. The number of hydrogen-bond donors (Lipinski definition) is 1. The second-order valence-corrected chi connectivity index (χ2v) is 9.53. The van der Waals surface area contributed by atoms with Crippen LogP contribution in [0.4, 0.5) is 0 Å². The Morgan fingerprint density at radius 1 is 0.290 bits per heavy atom. The zero-order valence-corrected chi connectivity index (χ0v) is 22.9. The van der Waals surface area contributed by atoms with Gasteiger partial charge in [-0.15, -0.1) is 0 Å². The Morgan fingerprint density at radius 3 is 0.710 bits per heavy atom. The monoisotopic (exact) mass is 440 g/mol. The van der Waals surface area contributed by atoms with Gasteiger partial charge in [0.05, 0.1) is 0 Å². The van der Waals surface area contributed by atoms with Crippen LogP contribution < -0.4 is 5.32 Å². The van der Waals surface area contributed by atoms with Gasteiger partial charge < -0.3 is 5.32 Å². The maximum Gasteiger partial charge on any atom is -0.00489 e. The first kappa shape index (κ1) is 33.1. The second-order valence-electron chi connectivity index (χ2n) is 9.53. The van der Waals surface area contributed by atoms with E-state index in [1.54, 1.807) is 0 Å². The van der Waals surface area contributed by atoms with Gasteiger partial charge >= 0.3 is 0 Å². The van der Waals surface area contributed by atoms with Gasteiger partial charge in [0.15, 0.2) is 0 Å². The predicted molar refractivity (Wildman–Crippen MR) is 146 cm³/mol. The van der Waals surface area contributed by atoms with Gasteiger partial charge in [0.1, 0.15) is 0 Å². The lowest BCUT2D eigenvalue weighted by Crippen LogP contribution is -2.16. The number of hydrogen-bond acceptors (Lipinski definition) is 1. The highest BCUT2D eigenvalue weighted by Gasteiger charge is 1.95. The smallest absolute Gasteiger partial charge is 0.00489 e. The molecule has 0 rings (SSSR count). The summed E-state index contributed by atoms with van der Waals surface area (Å²) in [7, 11) is 0. The van der Waals surface area contributed by atoms with E-state index in [0.29, 0.717) is 0 Å². The minimum Gasteiger partial charge on any atom is -0.317 e.